The van der Waals surface area contributed by atoms with Gasteiger partial charge in [-0.3, -0.25) is 4.79 Å². The number of amides is 1. The lowest BCUT2D eigenvalue weighted by Crippen LogP contribution is -2.18. The number of benzene rings is 2. The van der Waals surface area contributed by atoms with Crippen LogP contribution in [0.25, 0.3) is 0 Å². The third-order valence-electron chi connectivity index (χ3n) is 3.37. The maximum atomic E-state index is 12.0. The van der Waals surface area contributed by atoms with Crippen LogP contribution in [-0.2, 0) is 5.41 Å². The molecule has 1 amide bonds. The second-order valence-electron chi connectivity index (χ2n) is 6.23. The van der Waals surface area contributed by atoms with Crippen LogP contribution < -0.4 is 5.43 Å². The number of phenols is 1. The van der Waals surface area contributed by atoms with Crippen molar-refractivity contribution in [2.24, 2.45) is 5.10 Å². The number of halogens is 1. The molecule has 0 saturated heterocycles. The van der Waals surface area contributed by atoms with E-state index in [1.165, 1.54) is 12.3 Å². The molecule has 0 bridgehead atoms. The molecule has 2 aromatic carbocycles. The lowest BCUT2D eigenvalue weighted by molar-refractivity contribution is 0.0955. The van der Waals surface area contributed by atoms with Crippen molar-refractivity contribution in [1.82, 2.24) is 5.43 Å². The Labute approximate surface area is 140 Å². The number of carbonyl (C=O) groups is 1. The summed E-state index contributed by atoms with van der Waals surface area (Å²) in [6.45, 7) is 6.34. The monoisotopic (exact) mass is 330 g/mol. The molecule has 5 heteroatoms. The van der Waals surface area contributed by atoms with Gasteiger partial charge in [0.15, 0.2) is 0 Å². The molecule has 0 aliphatic rings. The number of rotatable bonds is 3. The molecule has 0 heterocycles. The fourth-order valence-electron chi connectivity index (χ4n) is 1.98. The highest BCUT2D eigenvalue weighted by atomic mass is 35.5. The molecule has 0 aromatic heterocycles. The quantitative estimate of drug-likeness (QED) is 0.657. The molecule has 0 radical (unpaired) electrons. The van der Waals surface area contributed by atoms with Crippen molar-refractivity contribution in [3.8, 4) is 5.75 Å². The predicted octanol–water partition coefficient (Wildman–Crippen LogP) is 4.11. The maximum Gasteiger partial charge on any atom is 0.271 e. The lowest BCUT2D eigenvalue weighted by Gasteiger charge is -2.18. The first kappa shape index (κ1) is 17.0. The Kier molecular flexibility index (Phi) is 5.06. The molecule has 0 unspecified atom stereocenters. The topological polar surface area (TPSA) is 61.7 Å². The van der Waals surface area contributed by atoms with Gasteiger partial charge in [-0.15, -0.1) is 0 Å². The van der Waals surface area contributed by atoms with Crippen LogP contribution in [-0.4, -0.2) is 17.2 Å². The average Bonchev–Trinajstić information content (AvgIpc) is 2.50. The molecule has 0 saturated carbocycles. The van der Waals surface area contributed by atoms with E-state index in [1.807, 2.05) is 12.1 Å². The summed E-state index contributed by atoms with van der Waals surface area (Å²) in [5, 5.41) is 14.0. The van der Waals surface area contributed by atoms with Crippen LogP contribution in [0.15, 0.2) is 47.6 Å². The molecule has 0 spiro atoms. The Morgan fingerprint density at radius 1 is 1.17 bits per heavy atom. The standard InChI is InChI=1S/C18H19ClN2O2/c1-18(2,3)14-6-4-12(5-7-14)17(23)21-20-11-13-10-15(19)8-9-16(13)22/h4-11,22H,1-3H3,(H,21,23)/b20-11+. The van der Waals surface area contributed by atoms with E-state index in [1.54, 1.807) is 24.3 Å². The first-order chi connectivity index (χ1) is 10.8. The van der Waals surface area contributed by atoms with Crippen LogP contribution in [0, 0.1) is 0 Å². The zero-order chi connectivity index (χ0) is 17.0. The van der Waals surface area contributed by atoms with Gasteiger partial charge in [0.2, 0.25) is 0 Å². The van der Waals surface area contributed by atoms with Crippen molar-refractivity contribution in [2.75, 3.05) is 0 Å². The van der Waals surface area contributed by atoms with Crippen molar-refractivity contribution in [1.29, 1.82) is 0 Å². The van der Waals surface area contributed by atoms with Gasteiger partial charge >= 0.3 is 0 Å². The SMILES string of the molecule is CC(C)(C)c1ccc(C(=O)N/N=C/c2cc(Cl)ccc2O)cc1. The lowest BCUT2D eigenvalue weighted by atomic mass is 9.87. The molecule has 23 heavy (non-hydrogen) atoms. The van der Waals surface area contributed by atoms with Crippen LogP contribution in [0.5, 0.6) is 5.75 Å². The molecule has 2 aromatic rings. The highest BCUT2D eigenvalue weighted by Crippen LogP contribution is 2.22. The largest absolute Gasteiger partial charge is 0.507 e. The number of hydrogen-bond donors (Lipinski definition) is 2. The summed E-state index contributed by atoms with van der Waals surface area (Å²) in [6, 6.07) is 12.0. The average molecular weight is 331 g/mol. The van der Waals surface area contributed by atoms with Crippen LogP contribution in [0.1, 0.15) is 42.3 Å². The molecule has 2 N–H and O–H groups in total. The smallest absolute Gasteiger partial charge is 0.271 e. The molecular formula is C18H19ClN2O2. The number of nitrogens with one attached hydrogen (secondary N) is 1. The summed E-state index contributed by atoms with van der Waals surface area (Å²) in [7, 11) is 0. The van der Waals surface area contributed by atoms with Crippen LogP contribution >= 0.6 is 11.6 Å². The van der Waals surface area contributed by atoms with E-state index in [-0.39, 0.29) is 17.1 Å². The van der Waals surface area contributed by atoms with E-state index >= 15 is 0 Å². The molecule has 0 aliphatic carbocycles. The van der Waals surface area contributed by atoms with E-state index in [4.69, 9.17) is 11.6 Å². The van der Waals surface area contributed by atoms with Gasteiger partial charge in [0.1, 0.15) is 5.75 Å². The Morgan fingerprint density at radius 2 is 1.83 bits per heavy atom. The first-order valence-electron chi connectivity index (χ1n) is 7.20. The Bertz CT molecular complexity index is 732. The summed E-state index contributed by atoms with van der Waals surface area (Å²) in [4.78, 5) is 12.0. The van der Waals surface area contributed by atoms with Gasteiger partial charge in [-0.25, -0.2) is 5.43 Å². The van der Waals surface area contributed by atoms with Crippen LogP contribution in [0.4, 0.5) is 0 Å². The van der Waals surface area contributed by atoms with Gasteiger partial charge < -0.3 is 5.11 Å². The fourth-order valence-corrected chi connectivity index (χ4v) is 2.16. The highest BCUT2D eigenvalue weighted by molar-refractivity contribution is 6.30. The summed E-state index contributed by atoms with van der Waals surface area (Å²) in [6.07, 6.45) is 1.35. The molecular weight excluding hydrogens is 312 g/mol. The summed E-state index contributed by atoms with van der Waals surface area (Å²) < 4.78 is 0. The van der Waals surface area contributed by atoms with Gasteiger partial charge in [-0.2, -0.15) is 5.10 Å². The fraction of sp³-hybridized carbons (Fsp3) is 0.222. The summed E-state index contributed by atoms with van der Waals surface area (Å²) in [5.74, 6) is -0.273. The number of nitrogens with zero attached hydrogens (tertiary/aromatic N) is 1. The Hall–Kier alpha value is -2.33. The number of hydrogen-bond acceptors (Lipinski definition) is 3. The van der Waals surface area contributed by atoms with E-state index in [2.05, 4.69) is 31.3 Å². The van der Waals surface area contributed by atoms with Crippen molar-refractivity contribution in [3.63, 3.8) is 0 Å². The minimum absolute atomic E-state index is 0.0390. The summed E-state index contributed by atoms with van der Waals surface area (Å²) in [5.41, 5.74) is 4.57. The zero-order valence-electron chi connectivity index (χ0n) is 13.3. The first-order valence-corrected chi connectivity index (χ1v) is 7.57. The number of hydrazone groups is 1. The van der Waals surface area contributed by atoms with Gasteiger partial charge in [0.25, 0.3) is 5.91 Å². The maximum absolute atomic E-state index is 12.0. The highest BCUT2D eigenvalue weighted by Gasteiger charge is 2.14. The van der Waals surface area contributed by atoms with Crippen LogP contribution in [0.3, 0.4) is 0 Å². The zero-order valence-corrected chi connectivity index (χ0v) is 14.1. The van der Waals surface area contributed by atoms with Crippen molar-refractivity contribution < 1.29 is 9.90 Å². The van der Waals surface area contributed by atoms with Gasteiger partial charge in [0, 0.05) is 16.1 Å². The molecule has 4 nitrogen and oxygen atoms in total. The third kappa shape index (κ3) is 4.57. The molecule has 0 atom stereocenters. The van der Waals surface area contributed by atoms with Gasteiger partial charge in [-0.1, -0.05) is 44.5 Å². The van der Waals surface area contributed by atoms with Crippen molar-refractivity contribution in [2.45, 2.75) is 26.2 Å². The third-order valence-corrected chi connectivity index (χ3v) is 3.61. The van der Waals surface area contributed by atoms with Crippen LogP contribution in [0.2, 0.25) is 5.02 Å². The van der Waals surface area contributed by atoms with E-state index < -0.39 is 0 Å². The minimum Gasteiger partial charge on any atom is -0.507 e. The molecule has 0 aliphatic heterocycles. The normalized spacial score (nSPS) is 11.7. The van der Waals surface area contributed by atoms with Crippen molar-refractivity contribution >= 4 is 23.7 Å². The van der Waals surface area contributed by atoms with Gasteiger partial charge in [-0.05, 0) is 41.3 Å². The second-order valence-corrected chi connectivity index (χ2v) is 6.67. The minimum atomic E-state index is -0.316. The second kappa shape index (κ2) is 6.84. The number of aromatic hydroxyl groups is 1. The number of phenolic OH excluding ortho intramolecular Hbond substituents is 1. The van der Waals surface area contributed by atoms with E-state index in [0.29, 0.717) is 16.1 Å². The molecule has 0 fully saturated rings. The number of carbonyl (C=O) groups excluding carboxylic acids is 1. The van der Waals surface area contributed by atoms with E-state index in [9.17, 15) is 9.90 Å². The van der Waals surface area contributed by atoms with Crippen molar-refractivity contribution in [3.05, 3.63) is 64.2 Å². The summed E-state index contributed by atoms with van der Waals surface area (Å²) >= 11 is 5.85. The van der Waals surface area contributed by atoms with E-state index in [0.717, 1.165) is 5.56 Å². The predicted molar refractivity (Wildman–Crippen MR) is 93.3 cm³/mol. The Morgan fingerprint density at radius 3 is 2.43 bits per heavy atom. The molecule has 2 rings (SSSR count). The Balaban J connectivity index is 2.05. The molecule has 120 valence electrons. The van der Waals surface area contributed by atoms with Gasteiger partial charge in [0.05, 0.1) is 6.21 Å².